The van der Waals surface area contributed by atoms with Crippen LogP contribution in [-0.2, 0) is 38.0 Å². The molecule has 2 amide bonds. The lowest BCUT2D eigenvalue weighted by Gasteiger charge is -2.33. The summed E-state index contributed by atoms with van der Waals surface area (Å²) in [5, 5.41) is 2.68. The predicted molar refractivity (Wildman–Crippen MR) is 160 cm³/mol. The Morgan fingerprint density at radius 3 is 2.00 bits per heavy atom. The number of carbonyl (C=O) groups excluding carboxylic acids is 2. The summed E-state index contributed by atoms with van der Waals surface area (Å²) in [6.45, 7) is 5.92. The number of carbonyl (C=O) groups is 2. The summed E-state index contributed by atoms with van der Waals surface area (Å²) in [4.78, 5) is 28.6. The van der Waals surface area contributed by atoms with Crippen LogP contribution in [0.3, 0.4) is 0 Å². The fourth-order valence-electron chi connectivity index (χ4n) is 4.25. The maximum absolute atomic E-state index is 14.0. The monoisotopic (exact) mass is 613 g/mol. The van der Waals surface area contributed by atoms with E-state index in [1.807, 2.05) is 66.7 Å². The summed E-state index contributed by atoms with van der Waals surface area (Å²) < 4.78 is 27.8. The number of benzene rings is 3. The van der Waals surface area contributed by atoms with Crippen molar-refractivity contribution in [2.45, 2.75) is 45.2 Å². The fraction of sp³-hybridized carbons (Fsp3) is 0.333. The smallest absolute Gasteiger partial charge is 0.244 e. The average molecular weight is 615 g/mol. The van der Waals surface area contributed by atoms with Crippen LogP contribution in [0.25, 0.3) is 0 Å². The van der Waals surface area contributed by atoms with E-state index in [1.54, 1.807) is 12.1 Å². The van der Waals surface area contributed by atoms with E-state index in [4.69, 9.17) is 0 Å². The van der Waals surface area contributed by atoms with E-state index in [0.717, 1.165) is 31.7 Å². The van der Waals surface area contributed by atoms with Crippen LogP contribution in [0, 0.1) is 0 Å². The van der Waals surface area contributed by atoms with Crippen molar-refractivity contribution in [3.63, 3.8) is 0 Å². The Hall–Kier alpha value is -3.17. The van der Waals surface area contributed by atoms with Crippen LogP contribution in [0.4, 0.5) is 5.69 Å². The SMILES string of the molecule is CNC(=O)C(Cc1ccccc1)N(Cc1ccc(Br)cc1)C(=O)CN(c1ccc(C(C)(C)C)cc1)S(C)(=O)=O. The maximum atomic E-state index is 14.0. The molecule has 3 aromatic carbocycles. The van der Waals surface area contributed by atoms with Crippen molar-refractivity contribution in [3.05, 3.63) is 100 Å². The molecular weight excluding hydrogens is 578 g/mol. The average Bonchev–Trinajstić information content (AvgIpc) is 2.89. The van der Waals surface area contributed by atoms with Crippen molar-refractivity contribution in [2.75, 3.05) is 24.2 Å². The molecule has 1 N–H and O–H groups in total. The first kappa shape index (κ1) is 30.4. The number of hydrogen-bond acceptors (Lipinski definition) is 4. The topological polar surface area (TPSA) is 86.8 Å². The first-order chi connectivity index (χ1) is 18.3. The lowest BCUT2D eigenvalue weighted by Crippen LogP contribution is -2.52. The predicted octanol–water partition coefficient (Wildman–Crippen LogP) is 4.90. The molecule has 0 aliphatic carbocycles. The van der Waals surface area contributed by atoms with Crippen LogP contribution in [0.5, 0.6) is 0 Å². The van der Waals surface area contributed by atoms with Gasteiger partial charge in [0.25, 0.3) is 0 Å². The van der Waals surface area contributed by atoms with Gasteiger partial charge in [0, 0.05) is 24.5 Å². The van der Waals surface area contributed by atoms with Gasteiger partial charge in [-0.1, -0.05) is 91.3 Å². The third kappa shape index (κ3) is 8.41. The highest BCUT2D eigenvalue weighted by Crippen LogP contribution is 2.26. The van der Waals surface area contributed by atoms with E-state index in [2.05, 4.69) is 42.0 Å². The Kier molecular flexibility index (Phi) is 9.96. The Morgan fingerprint density at radius 2 is 1.49 bits per heavy atom. The van der Waals surface area contributed by atoms with Crippen LogP contribution < -0.4 is 9.62 Å². The molecule has 0 aromatic heterocycles. The number of nitrogens with one attached hydrogen (secondary N) is 1. The van der Waals surface area contributed by atoms with Gasteiger partial charge in [0.2, 0.25) is 21.8 Å². The van der Waals surface area contributed by atoms with Crippen molar-refractivity contribution < 1.29 is 18.0 Å². The van der Waals surface area contributed by atoms with E-state index >= 15 is 0 Å². The molecule has 1 atom stereocenters. The van der Waals surface area contributed by atoms with Crippen molar-refractivity contribution in [3.8, 4) is 0 Å². The van der Waals surface area contributed by atoms with Crippen LogP contribution in [0.2, 0.25) is 0 Å². The lowest BCUT2D eigenvalue weighted by molar-refractivity contribution is -0.139. The highest BCUT2D eigenvalue weighted by molar-refractivity contribution is 9.10. The Morgan fingerprint density at radius 1 is 0.897 bits per heavy atom. The van der Waals surface area contributed by atoms with Gasteiger partial charge in [0.15, 0.2) is 0 Å². The molecule has 0 fully saturated rings. The summed E-state index contributed by atoms with van der Waals surface area (Å²) in [6.07, 6.45) is 1.36. The summed E-state index contributed by atoms with van der Waals surface area (Å²) in [5.41, 5.74) is 3.03. The molecular formula is C30H36BrN3O4S. The number of nitrogens with zero attached hydrogens (tertiary/aromatic N) is 2. The molecule has 0 spiro atoms. The van der Waals surface area contributed by atoms with Gasteiger partial charge in [-0.05, 0) is 46.4 Å². The van der Waals surface area contributed by atoms with E-state index in [1.165, 1.54) is 11.9 Å². The van der Waals surface area contributed by atoms with Crippen molar-refractivity contribution in [2.24, 2.45) is 0 Å². The Bertz CT molecular complexity index is 1370. The molecule has 7 nitrogen and oxygen atoms in total. The fourth-order valence-corrected chi connectivity index (χ4v) is 5.36. The van der Waals surface area contributed by atoms with Gasteiger partial charge in [-0.15, -0.1) is 0 Å². The molecule has 0 aliphatic rings. The van der Waals surface area contributed by atoms with Gasteiger partial charge in [-0.2, -0.15) is 0 Å². The summed E-state index contributed by atoms with van der Waals surface area (Å²) in [6, 6.07) is 23.2. The number of amides is 2. The van der Waals surface area contributed by atoms with Gasteiger partial charge < -0.3 is 10.2 Å². The summed E-state index contributed by atoms with van der Waals surface area (Å²) in [7, 11) is -2.27. The molecule has 3 rings (SSSR count). The van der Waals surface area contributed by atoms with Crippen molar-refractivity contribution in [1.29, 1.82) is 0 Å². The Labute approximate surface area is 240 Å². The van der Waals surface area contributed by atoms with Gasteiger partial charge in [-0.25, -0.2) is 8.42 Å². The second-order valence-electron chi connectivity index (χ2n) is 10.5. The Balaban J connectivity index is 2.01. The van der Waals surface area contributed by atoms with Gasteiger partial charge >= 0.3 is 0 Å². The zero-order valence-corrected chi connectivity index (χ0v) is 25.4. The van der Waals surface area contributed by atoms with Crippen molar-refractivity contribution >= 4 is 43.5 Å². The standard InChI is InChI=1S/C30H36BrN3O4S/c1-30(2,3)24-13-17-26(18-14-24)34(39(5,37)38)21-28(35)33(20-23-11-15-25(31)16-12-23)27(29(36)32-4)19-22-9-7-6-8-10-22/h6-18,27H,19-21H2,1-5H3,(H,32,36). The molecule has 0 bridgehead atoms. The van der Waals surface area contributed by atoms with Crippen molar-refractivity contribution in [1.82, 2.24) is 10.2 Å². The minimum atomic E-state index is -3.80. The molecule has 0 heterocycles. The summed E-state index contributed by atoms with van der Waals surface area (Å²) >= 11 is 3.43. The normalized spacial score (nSPS) is 12.5. The second kappa shape index (κ2) is 12.8. The minimum absolute atomic E-state index is 0.107. The molecule has 3 aromatic rings. The third-order valence-corrected chi connectivity index (χ3v) is 8.15. The zero-order chi connectivity index (χ0) is 28.8. The lowest BCUT2D eigenvalue weighted by atomic mass is 9.87. The van der Waals surface area contributed by atoms with Gasteiger partial charge in [0.05, 0.1) is 11.9 Å². The number of hydrogen-bond donors (Lipinski definition) is 1. The maximum Gasteiger partial charge on any atom is 0.244 e. The number of sulfonamides is 1. The van der Waals surface area contributed by atoms with E-state index < -0.39 is 28.5 Å². The van der Waals surface area contributed by atoms with Crippen LogP contribution in [0.15, 0.2) is 83.3 Å². The minimum Gasteiger partial charge on any atom is -0.357 e. The highest BCUT2D eigenvalue weighted by Gasteiger charge is 2.32. The van der Waals surface area contributed by atoms with Crippen LogP contribution in [-0.4, -0.2) is 51.0 Å². The van der Waals surface area contributed by atoms with Gasteiger partial charge in [-0.3, -0.25) is 13.9 Å². The quantitative estimate of drug-likeness (QED) is 0.352. The highest BCUT2D eigenvalue weighted by atomic mass is 79.9. The van der Waals surface area contributed by atoms with E-state index in [9.17, 15) is 18.0 Å². The number of likely N-dealkylation sites (N-methyl/N-ethyl adjacent to an activating group) is 1. The molecule has 208 valence electrons. The number of anilines is 1. The molecule has 0 aliphatic heterocycles. The molecule has 39 heavy (non-hydrogen) atoms. The largest absolute Gasteiger partial charge is 0.357 e. The van der Waals surface area contributed by atoms with Gasteiger partial charge in [0.1, 0.15) is 12.6 Å². The molecule has 0 radical (unpaired) electrons. The summed E-state index contributed by atoms with van der Waals surface area (Å²) in [5.74, 6) is -0.808. The first-order valence-electron chi connectivity index (χ1n) is 12.7. The van der Waals surface area contributed by atoms with E-state index in [-0.39, 0.29) is 24.3 Å². The zero-order valence-electron chi connectivity index (χ0n) is 23.0. The number of halogens is 1. The second-order valence-corrected chi connectivity index (χ2v) is 13.4. The molecule has 9 heteroatoms. The first-order valence-corrected chi connectivity index (χ1v) is 15.3. The van der Waals surface area contributed by atoms with E-state index in [0.29, 0.717) is 5.69 Å². The van der Waals surface area contributed by atoms with Crippen LogP contribution >= 0.6 is 15.9 Å². The molecule has 0 saturated carbocycles. The molecule has 1 unspecified atom stereocenters. The van der Waals surface area contributed by atoms with Crippen LogP contribution in [0.1, 0.15) is 37.5 Å². The molecule has 0 saturated heterocycles. The number of rotatable bonds is 10. The third-order valence-electron chi connectivity index (χ3n) is 6.48.